The Morgan fingerprint density at radius 2 is 2.21 bits per heavy atom. The summed E-state index contributed by atoms with van der Waals surface area (Å²) in [5, 5.41) is 0.133. The maximum atomic E-state index is 12.1. The lowest BCUT2D eigenvalue weighted by Gasteiger charge is -2.28. The normalized spacial score (nSPS) is 24.5. The summed E-state index contributed by atoms with van der Waals surface area (Å²) in [5.41, 5.74) is 6.02. The summed E-state index contributed by atoms with van der Waals surface area (Å²) in [5.74, 6) is 0.909. The van der Waals surface area contributed by atoms with E-state index < -0.39 is 10.0 Å². The molecule has 0 bridgehead atoms. The van der Waals surface area contributed by atoms with Crippen LogP contribution in [0.3, 0.4) is 0 Å². The van der Waals surface area contributed by atoms with Crippen molar-refractivity contribution in [3.8, 4) is 0 Å². The van der Waals surface area contributed by atoms with E-state index >= 15 is 0 Å². The molecule has 1 aliphatic carbocycles. The fourth-order valence-corrected chi connectivity index (χ4v) is 3.48. The molecule has 1 aliphatic rings. The number of nitrogens with zero attached hydrogens (tertiary/aromatic N) is 1. The van der Waals surface area contributed by atoms with Gasteiger partial charge in [-0.15, -0.1) is 0 Å². The molecule has 0 saturated heterocycles. The maximum Gasteiger partial charge on any atom is 0.257 e. The zero-order valence-electron chi connectivity index (χ0n) is 11.2. The molecule has 1 aromatic heterocycles. The molecule has 4 N–H and O–H groups in total. The molecule has 1 heterocycles. The number of imidazole rings is 1. The van der Waals surface area contributed by atoms with Crippen molar-refractivity contribution in [2.45, 2.75) is 50.1 Å². The number of hydrogen-bond donors (Lipinski definition) is 3. The molecule has 0 radical (unpaired) electrons. The SMILES string of the molecule is CCc1ncc(S(=O)(=O)NCC2CCCCC2N)[nH]1. The predicted molar refractivity (Wildman–Crippen MR) is 73.1 cm³/mol. The number of aryl methyl sites for hydroxylation is 1. The van der Waals surface area contributed by atoms with E-state index in [-0.39, 0.29) is 17.0 Å². The molecule has 0 amide bonds. The van der Waals surface area contributed by atoms with E-state index in [0.717, 1.165) is 25.7 Å². The summed E-state index contributed by atoms with van der Waals surface area (Å²) in [4.78, 5) is 6.82. The third kappa shape index (κ3) is 3.55. The molecule has 0 aliphatic heterocycles. The lowest BCUT2D eigenvalue weighted by Crippen LogP contribution is -2.41. The van der Waals surface area contributed by atoms with Gasteiger partial charge in [-0.1, -0.05) is 19.8 Å². The minimum Gasteiger partial charge on any atom is -0.332 e. The highest BCUT2D eigenvalue weighted by atomic mass is 32.2. The molecule has 0 aromatic carbocycles. The highest BCUT2D eigenvalue weighted by molar-refractivity contribution is 7.89. The van der Waals surface area contributed by atoms with Gasteiger partial charge in [0.1, 0.15) is 5.82 Å². The number of rotatable bonds is 5. The second kappa shape index (κ2) is 6.02. The number of sulfonamides is 1. The van der Waals surface area contributed by atoms with Gasteiger partial charge >= 0.3 is 0 Å². The Morgan fingerprint density at radius 3 is 2.84 bits per heavy atom. The number of aromatic nitrogens is 2. The van der Waals surface area contributed by atoms with E-state index in [2.05, 4.69) is 14.7 Å². The van der Waals surface area contributed by atoms with Crippen LogP contribution in [0.1, 0.15) is 38.4 Å². The summed E-state index contributed by atoms with van der Waals surface area (Å²) < 4.78 is 26.8. The van der Waals surface area contributed by atoms with Crippen molar-refractivity contribution in [1.29, 1.82) is 0 Å². The van der Waals surface area contributed by atoms with Crippen LogP contribution in [0.15, 0.2) is 11.2 Å². The second-order valence-electron chi connectivity index (χ2n) is 5.11. The highest BCUT2D eigenvalue weighted by Gasteiger charge is 2.24. The van der Waals surface area contributed by atoms with Crippen LogP contribution in [0, 0.1) is 5.92 Å². The van der Waals surface area contributed by atoms with Crippen LogP contribution in [0.2, 0.25) is 0 Å². The summed E-state index contributed by atoms with van der Waals surface area (Å²) in [6, 6.07) is 0.101. The van der Waals surface area contributed by atoms with Crippen LogP contribution in [-0.2, 0) is 16.4 Å². The van der Waals surface area contributed by atoms with Gasteiger partial charge in [0.05, 0.1) is 6.20 Å². The molecule has 2 rings (SSSR count). The molecular formula is C12H22N4O2S. The van der Waals surface area contributed by atoms with Gasteiger partial charge in [0.2, 0.25) is 0 Å². The Hall–Kier alpha value is -0.920. The smallest absolute Gasteiger partial charge is 0.257 e. The largest absolute Gasteiger partial charge is 0.332 e. The third-order valence-corrected chi connectivity index (χ3v) is 5.07. The number of aromatic amines is 1. The fourth-order valence-electron chi connectivity index (χ4n) is 2.44. The minimum absolute atomic E-state index is 0.101. The second-order valence-corrected chi connectivity index (χ2v) is 6.84. The van der Waals surface area contributed by atoms with Gasteiger partial charge in [-0.3, -0.25) is 0 Å². The first kappa shape index (κ1) is 14.5. The van der Waals surface area contributed by atoms with Crippen LogP contribution in [0.5, 0.6) is 0 Å². The van der Waals surface area contributed by atoms with Crippen molar-refractivity contribution >= 4 is 10.0 Å². The average Bonchev–Trinajstić information content (AvgIpc) is 2.87. The Balaban J connectivity index is 1.97. The van der Waals surface area contributed by atoms with Crippen LogP contribution < -0.4 is 10.5 Å². The molecule has 1 fully saturated rings. The van der Waals surface area contributed by atoms with Gasteiger partial charge < -0.3 is 10.7 Å². The standard InChI is InChI=1S/C12H22N4O2S/c1-2-11-14-8-12(16-11)19(17,18)15-7-9-5-3-4-6-10(9)13/h8-10,15H,2-7,13H2,1H3,(H,14,16). The third-order valence-electron chi connectivity index (χ3n) is 3.73. The molecule has 2 atom stereocenters. The van der Waals surface area contributed by atoms with E-state index in [1.807, 2.05) is 6.92 Å². The van der Waals surface area contributed by atoms with Crippen molar-refractivity contribution in [2.75, 3.05) is 6.54 Å². The average molecular weight is 286 g/mol. The highest BCUT2D eigenvalue weighted by Crippen LogP contribution is 2.22. The Morgan fingerprint density at radius 1 is 1.47 bits per heavy atom. The zero-order valence-corrected chi connectivity index (χ0v) is 12.0. The first-order chi connectivity index (χ1) is 9.03. The van der Waals surface area contributed by atoms with E-state index in [1.54, 1.807) is 0 Å². The molecule has 6 nitrogen and oxygen atoms in total. The Kier molecular flexibility index (Phi) is 4.59. The van der Waals surface area contributed by atoms with Gasteiger partial charge in [0.15, 0.2) is 5.03 Å². The molecule has 0 spiro atoms. The predicted octanol–water partition coefficient (Wildman–Crippen LogP) is 0.768. The van der Waals surface area contributed by atoms with Crippen LogP contribution in [-0.4, -0.2) is 31.0 Å². The van der Waals surface area contributed by atoms with Crippen molar-refractivity contribution < 1.29 is 8.42 Å². The molecule has 7 heteroatoms. The number of H-pyrrole nitrogens is 1. The topological polar surface area (TPSA) is 101 Å². The van der Waals surface area contributed by atoms with E-state index in [9.17, 15) is 8.42 Å². The summed E-state index contributed by atoms with van der Waals surface area (Å²) in [7, 11) is -3.50. The summed E-state index contributed by atoms with van der Waals surface area (Å²) >= 11 is 0. The van der Waals surface area contributed by atoms with Crippen molar-refractivity contribution in [2.24, 2.45) is 11.7 Å². The van der Waals surface area contributed by atoms with Crippen LogP contribution >= 0.6 is 0 Å². The van der Waals surface area contributed by atoms with Gasteiger partial charge in [0, 0.05) is 19.0 Å². The first-order valence-electron chi connectivity index (χ1n) is 6.82. The molecular weight excluding hydrogens is 264 g/mol. The molecule has 108 valence electrons. The van der Waals surface area contributed by atoms with Crippen molar-refractivity contribution in [3.05, 3.63) is 12.0 Å². The van der Waals surface area contributed by atoms with E-state index in [1.165, 1.54) is 6.20 Å². The summed E-state index contributed by atoms with van der Waals surface area (Å²) in [6.07, 6.45) is 6.29. The number of nitrogens with two attached hydrogens (primary N) is 1. The minimum atomic E-state index is -3.50. The van der Waals surface area contributed by atoms with Crippen LogP contribution in [0.25, 0.3) is 0 Å². The van der Waals surface area contributed by atoms with Gasteiger partial charge in [-0.05, 0) is 18.8 Å². The monoisotopic (exact) mass is 286 g/mol. The number of hydrogen-bond acceptors (Lipinski definition) is 4. The molecule has 1 saturated carbocycles. The fraction of sp³-hybridized carbons (Fsp3) is 0.750. The number of nitrogens with one attached hydrogen (secondary N) is 2. The molecule has 2 unspecified atom stereocenters. The van der Waals surface area contributed by atoms with Crippen LogP contribution in [0.4, 0.5) is 0 Å². The van der Waals surface area contributed by atoms with E-state index in [0.29, 0.717) is 18.8 Å². The molecule has 19 heavy (non-hydrogen) atoms. The maximum absolute atomic E-state index is 12.1. The molecule has 1 aromatic rings. The van der Waals surface area contributed by atoms with Crippen molar-refractivity contribution in [3.63, 3.8) is 0 Å². The zero-order chi connectivity index (χ0) is 13.9. The van der Waals surface area contributed by atoms with E-state index in [4.69, 9.17) is 5.73 Å². The first-order valence-corrected chi connectivity index (χ1v) is 8.30. The van der Waals surface area contributed by atoms with Gasteiger partial charge in [-0.25, -0.2) is 18.1 Å². The quantitative estimate of drug-likeness (QED) is 0.744. The Labute approximate surface area is 114 Å². The van der Waals surface area contributed by atoms with Gasteiger partial charge in [0.25, 0.3) is 10.0 Å². The lowest BCUT2D eigenvalue weighted by molar-refractivity contribution is 0.308. The van der Waals surface area contributed by atoms with Gasteiger partial charge in [-0.2, -0.15) is 0 Å². The Bertz CT molecular complexity index is 512. The van der Waals surface area contributed by atoms with Crippen molar-refractivity contribution in [1.82, 2.24) is 14.7 Å². The summed E-state index contributed by atoms with van der Waals surface area (Å²) in [6.45, 7) is 2.33. The lowest BCUT2D eigenvalue weighted by atomic mass is 9.85.